The summed E-state index contributed by atoms with van der Waals surface area (Å²) in [4.78, 5) is 13.2. The molecule has 1 heterocycles. The van der Waals surface area contributed by atoms with Crippen LogP contribution in [0.15, 0.2) is 24.3 Å². The van der Waals surface area contributed by atoms with Crippen molar-refractivity contribution in [2.75, 3.05) is 12.3 Å². The molecule has 3 N–H and O–H groups in total. The van der Waals surface area contributed by atoms with Crippen molar-refractivity contribution in [1.29, 1.82) is 0 Å². The van der Waals surface area contributed by atoms with Crippen LogP contribution < -0.4 is 11.1 Å². The van der Waals surface area contributed by atoms with Crippen molar-refractivity contribution in [3.63, 3.8) is 0 Å². The number of thiophene rings is 1. The molecule has 0 unspecified atom stereocenters. The normalized spacial score (nSPS) is 17.2. The molecule has 1 amide bonds. The maximum Gasteiger partial charge on any atom is 0.261 e. The van der Waals surface area contributed by atoms with E-state index in [0.717, 1.165) is 33.6 Å². The van der Waals surface area contributed by atoms with E-state index >= 15 is 0 Å². The molecule has 1 aliphatic carbocycles. The Morgan fingerprint density at radius 1 is 1.33 bits per heavy atom. The number of benzene rings is 1. The number of anilines is 1. The molecule has 0 radical (unpaired) electrons. The van der Waals surface area contributed by atoms with Crippen LogP contribution in [0.3, 0.4) is 0 Å². The fraction of sp³-hybridized carbons (Fsp3) is 0.471. The summed E-state index contributed by atoms with van der Waals surface area (Å²) < 4.78 is 1.11. The largest absolute Gasteiger partial charge is 0.399 e. The number of rotatable bonds is 4. The monoisotopic (exact) mass is 302 g/mol. The maximum atomic E-state index is 12.4. The van der Waals surface area contributed by atoms with E-state index in [0.29, 0.717) is 5.41 Å². The number of carbonyl (C=O) groups excluding carboxylic acids is 1. The molecule has 0 aliphatic heterocycles. The van der Waals surface area contributed by atoms with Gasteiger partial charge < -0.3 is 11.1 Å². The zero-order chi connectivity index (χ0) is 14.9. The minimum Gasteiger partial charge on any atom is -0.399 e. The molecule has 1 aromatic carbocycles. The summed E-state index contributed by atoms with van der Waals surface area (Å²) in [7, 11) is 0. The molecule has 1 saturated carbocycles. The zero-order valence-electron chi connectivity index (χ0n) is 12.4. The molecule has 0 saturated heterocycles. The number of hydrogen-bond acceptors (Lipinski definition) is 3. The number of carbonyl (C=O) groups is 1. The lowest BCUT2D eigenvalue weighted by Gasteiger charge is -2.27. The van der Waals surface area contributed by atoms with E-state index in [-0.39, 0.29) is 5.91 Å². The SMILES string of the molecule is CCC1(CNC(=O)c2cc3cc(N)ccc3s2)CCCC1. The highest BCUT2D eigenvalue weighted by molar-refractivity contribution is 7.20. The summed E-state index contributed by atoms with van der Waals surface area (Å²) in [6, 6.07) is 7.73. The van der Waals surface area contributed by atoms with Crippen LogP contribution in [0.5, 0.6) is 0 Å². The van der Waals surface area contributed by atoms with E-state index in [1.54, 1.807) is 0 Å². The third-order valence-corrected chi connectivity index (χ3v) is 5.92. The Morgan fingerprint density at radius 3 is 2.81 bits per heavy atom. The molecule has 1 aliphatic rings. The van der Waals surface area contributed by atoms with E-state index in [4.69, 9.17) is 5.73 Å². The van der Waals surface area contributed by atoms with Crippen molar-refractivity contribution in [3.8, 4) is 0 Å². The van der Waals surface area contributed by atoms with Crippen molar-refractivity contribution in [2.45, 2.75) is 39.0 Å². The molecule has 2 aromatic rings. The number of fused-ring (bicyclic) bond motifs is 1. The smallest absolute Gasteiger partial charge is 0.261 e. The Labute approximate surface area is 129 Å². The van der Waals surface area contributed by atoms with Gasteiger partial charge in [0.2, 0.25) is 0 Å². The Kier molecular flexibility index (Phi) is 3.89. The van der Waals surface area contributed by atoms with Gasteiger partial charge >= 0.3 is 0 Å². The van der Waals surface area contributed by atoms with Crippen LogP contribution in [0.4, 0.5) is 5.69 Å². The second-order valence-corrected chi connectivity index (χ2v) is 7.24. The molecule has 112 valence electrons. The maximum absolute atomic E-state index is 12.4. The molecule has 4 heteroatoms. The van der Waals surface area contributed by atoms with Gasteiger partial charge in [-0.05, 0) is 54.3 Å². The Bertz CT molecular complexity index is 656. The molecular formula is C17H22N2OS. The van der Waals surface area contributed by atoms with Crippen LogP contribution in [0.2, 0.25) is 0 Å². The van der Waals surface area contributed by atoms with Gasteiger partial charge in [0, 0.05) is 16.9 Å². The van der Waals surface area contributed by atoms with Crippen LogP contribution in [-0.2, 0) is 0 Å². The average molecular weight is 302 g/mol. The van der Waals surface area contributed by atoms with E-state index in [1.165, 1.54) is 37.0 Å². The van der Waals surface area contributed by atoms with Crippen molar-refractivity contribution in [1.82, 2.24) is 5.32 Å². The lowest BCUT2D eigenvalue weighted by atomic mass is 9.83. The molecule has 21 heavy (non-hydrogen) atoms. The van der Waals surface area contributed by atoms with Gasteiger partial charge in [0.15, 0.2) is 0 Å². The summed E-state index contributed by atoms with van der Waals surface area (Å²) in [6.45, 7) is 3.04. The lowest BCUT2D eigenvalue weighted by Crippen LogP contribution is -2.35. The van der Waals surface area contributed by atoms with Gasteiger partial charge in [0.05, 0.1) is 4.88 Å². The van der Waals surface area contributed by atoms with Crippen LogP contribution in [0.1, 0.15) is 48.7 Å². The zero-order valence-corrected chi connectivity index (χ0v) is 13.3. The third-order valence-electron chi connectivity index (χ3n) is 4.80. The predicted octanol–water partition coefficient (Wildman–Crippen LogP) is 4.18. The summed E-state index contributed by atoms with van der Waals surface area (Å²) in [5.41, 5.74) is 6.86. The minimum absolute atomic E-state index is 0.0505. The van der Waals surface area contributed by atoms with Gasteiger partial charge in [-0.2, -0.15) is 0 Å². The quantitative estimate of drug-likeness (QED) is 0.832. The van der Waals surface area contributed by atoms with Crippen LogP contribution in [0, 0.1) is 5.41 Å². The molecule has 0 atom stereocenters. The Hall–Kier alpha value is -1.55. The predicted molar refractivity (Wildman–Crippen MR) is 89.8 cm³/mol. The average Bonchev–Trinajstić information content (AvgIpc) is 3.11. The van der Waals surface area contributed by atoms with Crippen molar-refractivity contribution < 1.29 is 4.79 Å². The summed E-state index contributed by atoms with van der Waals surface area (Å²) in [5.74, 6) is 0.0505. The first-order valence-electron chi connectivity index (χ1n) is 7.69. The lowest BCUT2D eigenvalue weighted by molar-refractivity contribution is 0.0933. The number of nitrogen functional groups attached to an aromatic ring is 1. The third kappa shape index (κ3) is 2.91. The first kappa shape index (κ1) is 14.4. The first-order chi connectivity index (χ1) is 10.1. The second kappa shape index (κ2) is 5.68. The van der Waals surface area contributed by atoms with Crippen molar-refractivity contribution >= 4 is 33.0 Å². The molecule has 0 spiro atoms. The van der Waals surface area contributed by atoms with E-state index in [9.17, 15) is 4.79 Å². The van der Waals surface area contributed by atoms with Gasteiger partial charge in [-0.1, -0.05) is 19.8 Å². The highest BCUT2D eigenvalue weighted by Crippen LogP contribution is 2.40. The van der Waals surface area contributed by atoms with Crippen LogP contribution in [0.25, 0.3) is 10.1 Å². The topological polar surface area (TPSA) is 55.1 Å². The van der Waals surface area contributed by atoms with Gasteiger partial charge in [0.25, 0.3) is 5.91 Å². The van der Waals surface area contributed by atoms with Crippen LogP contribution >= 0.6 is 11.3 Å². The van der Waals surface area contributed by atoms with Crippen molar-refractivity contribution in [3.05, 3.63) is 29.1 Å². The number of nitrogens with one attached hydrogen (secondary N) is 1. The minimum atomic E-state index is 0.0505. The van der Waals surface area contributed by atoms with Gasteiger partial charge in [-0.25, -0.2) is 0 Å². The van der Waals surface area contributed by atoms with Gasteiger partial charge in [0.1, 0.15) is 0 Å². The van der Waals surface area contributed by atoms with E-state index < -0.39 is 0 Å². The number of amides is 1. The number of hydrogen-bond donors (Lipinski definition) is 2. The van der Waals surface area contributed by atoms with Gasteiger partial charge in [-0.15, -0.1) is 11.3 Å². The van der Waals surface area contributed by atoms with E-state index in [1.807, 2.05) is 24.3 Å². The van der Waals surface area contributed by atoms with Gasteiger partial charge in [-0.3, -0.25) is 4.79 Å². The summed E-state index contributed by atoms with van der Waals surface area (Å²) >= 11 is 1.54. The summed E-state index contributed by atoms with van der Waals surface area (Å²) in [5, 5.41) is 4.20. The molecule has 3 rings (SSSR count). The summed E-state index contributed by atoms with van der Waals surface area (Å²) in [6.07, 6.45) is 6.23. The molecular weight excluding hydrogens is 280 g/mol. The molecule has 1 fully saturated rings. The molecule has 0 bridgehead atoms. The van der Waals surface area contributed by atoms with E-state index in [2.05, 4.69) is 12.2 Å². The standard InChI is InChI=1S/C17H22N2OS/c1-2-17(7-3-4-8-17)11-19-16(20)15-10-12-9-13(18)5-6-14(12)21-15/h5-6,9-10H,2-4,7-8,11,18H2,1H3,(H,19,20). The highest BCUT2D eigenvalue weighted by Gasteiger charge is 2.32. The van der Waals surface area contributed by atoms with Crippen LogP contribution in [-0.4, -0.2) is 12.5 Å². The second-order valence-electron chi connectivity index (χ2n) is 6.15. The Morgan fingerprint density at radius 2 is 2.10 bits per heavy atom. The first-order valence-corrected chi connectivity index (χ1v) is 8.51. The highest BCUT2D eigenvalue weighted by atomic mass is 32.1. The fourth-order valence-corrected chi connectivity index (χ4v) is 4.27. The fourth-order valence-electron chi connectivity index (χ4n) is 3.31. The molecule has 3 nitrogen and oxygen atoms in total. The number of nitrogens with two attached hydrogens (primary N) is 1. The Balaban J connectivity index is 1.72. The van der Waals surface area contributed by atoms with Crippen molar-refractivity contribution in [2.24, 2.45) is 5.41 Å². The molecule has 1 aromatic heterocycles.